The summed E-state index contributed by atoms with van der Waals surface area (Å²) in [4.78, 5) is 44.7. The van der Waals surface area contributed by atoms with Crippen molar-refractivity contribution in [3.8, 4) is 0 Å². The molecule has 0 spiro atoms. The molecule has 0 saturated heterocycles. The number of aromatic amines is 3. The summed E-state index contributed by atoms with van der Waals surface area (Å²) in [6, 6.07) is 0. The van der Waals surface area contributed by atoms with Gasteiger partial charge in [-0.25, -0.2) is 24.4 Å². The van der Waals surface area contributed by atoms with E-state index in [1.165, 1.54) is 0 Å². The second-order valence-corrected chi connectivity index (χ2v) is 4.39. The predicted molar refractivity (Wildman–Crippen MR) is 68.8 cm³/mol. The summed E-state index contributed by atoms with van der Waals surface area (Å²) in [5.41, 5.74) is -1.97. The number of nitrogens with one attached hydrogen (secondary N) is 3. The molecule has 2 rings (SSSR count). The van der Waals surface area contributed by atoms with Crippen LogP contribution in [-0.4, -0.2) is 24.4 Å². The Labute approximate surface area is 139 Å². The molecule has 0 unspecified atom stereocenters. The average molecular weight is 306 g/mol. The van der Waals surface area contributed by atoms with Gasteiger partial charge in [0.25, 0.3) is 0 Å². The molecule has 110 valence electrons. The van der Waals surface area contributed by atoms with Crippen molar-refractivity contribution >= 4 is 0 Å². The van der Waals surface area contributed by atoms with Gasteiger partial charge in [0, 0.05) is 6.54 Å². The fourth-order valence-corrected chi connectivity index (χ4v) is 1.93. The van der Waals surface area contributed by atoms with Gasteiger partial charge in [-0.3, -0.25) is 9.59 Å². The van der Waals surface area contributed by atoms with Crippen LogP contribution in [0.5, 0.6) is 0 Å². The van der Waals surface area contributed by atoms with Crippen LogP contribution in [0.1, 0.15) is 25.7 Å². The second-order valence-electron chi connectivity index (χ2n) is 4.39. The third-order valence-corrected chi connectivity index (χ3v) is 3.00. The van der Waals surface area contributed by atoms with Crippen molar-refractivity contribution in [3.63, 3.8) is 0 Å². The molecule has 2 aromatic rings. The molecule has 0 aliphatic heterocycles. The van der Waals surface area contributed by atoms with Crippen molar-refractivity contribution in [2.75, 3.05) is 0 Å². The first-order chi connectivity index (χ1) is 9.59. The van der Waals surface area contributed by atoms with Gasteiger partial charge in [-0.05, 0) is 13.0 Å². The third-order valence-electron chi connectivity index (χ3n) is 3.00. The van der Waals surface area contributed by atoms with Crippen molar-refractivity contribution in [2.24, 2.45) is 0 Å². The summed E-state index contributed by atoms with van der Waals surface area (Å²) in [7, 11) is 0. The molecule has 21 heavy (non-hydrogen) atoms. The molecule has 2 heterocycles. The first kappa shape index (κ1) is 17.5. The first-order valence-corrected chi connectivity index (χ1v) is 6.29. The number of hydrogen-bond donors (Lipinski definition) is 3. The molecule has 0 fully saturated rings. The molecule has 0 bridgehead atoms. The number of H-pyrrole nitrogens is 3. The van der Waals surface area contributed by atoms with Gasteiger partial charge >= 0.3 is 40.9 Å². The molecule has 0 aliphatic carbocycles. The summed E-state index contributed by atoms with van der Waals surface area (Å²) < 4.78 is 2.14. The van der Waals surface area contributed by atoms with Crippen LogP contribution >= 0.6 is 0 Å². The molecule has 10 nitrogen and oxygen atoms in total. The summed E-state index contributed by atoms with van der Waals surface area (Å²) in [5.74, 6) is 0. The molecule has 0 amide bonds. The van der Waals surface area contributed by atoms with Crippen LogP contribution in [-0.2, 0) is 13.1 Å². The van der Waals surface area contributed by atoms with E-state index in [0.717, 1.165) is 22.0 Å². The van der Waals surface area contributed by atoms with E-state index in [1.54, 1.807) is 0 Å². The zero-order chi connectivity index (χ0) is 14.5. The van der Waals surface area contributed by atoms with Crippen LogP contribution in [0.2, 0.25) is 0 Å². The molecule has 0 atom stereocenters. The maximum absolute atomic E-state index is 11.2. The predicted octanol–water partition coefficient (Wildman–Crippen LogP) is -5.06. The van der Waals surface area contributed by atoms with Crippen molar-refractivity contribution < 1.29 is 29.6 Å². The minimum atomic E-state index is -0.569. The standard InChI is InChI=1S/C10H16N6O4.Na/c17-7-11-12-8(18)15(7)5-3-1-2-4-6-16-9(19)13-14-10(16)20;/h1-6H2,(H4,11,12,13,14,17,18,19,20);/q;+1/p-1. The van der Waals surface area contributed by atoms with Gasteiger partial charge in [0.05, 0.1) is 0 Å². The quantitative estimate of drug-likeness (QED) is 0.347. The van der Waals surface area contributed by atoms with Gasteiger partial charge in [0.2, 0.25) is 5.69 Å². The Morgan fingerprint density at radius 2 is 1.29 bits per heavy atom. The largest absolute Gasteiger partial charge is 1.00 e. The van der Waals surface area contributed by atoms with E-state index in [-0.39, 0.29) is 29.6 Å². The van der Waals surface area contributed by atoms with Crippen LogP contribution in [0.25, 0.3) is 0 Å². The van der Waals surface area contributed by atoms with E-state index in [9.17, 15) is 19.2 Å². The van der Waals surface area contributed by atoms with Crippen molar-refractivity contribution in [1.29, 1.82) is 0 Å². The number of nitrogens with zero attached hydrogens (tertiary/aromatic N) is 3. The van der Waals surface area contributed by atoms with Crippen LogP contribution in [0.15, 0.2) is 19.2 Å². The van der Waals surface area contributed by atoms with Crippen molar-refractivity contribution in [3.05, 3.63) is 41.9 Å². The molecular weight excluding hydrogens is 291 g/mol. The molecule has 0 saturated carbocycles. The first-order valence-electron chi connectivity index (χ1n) is 6.29. The summed E-state index contributed by atoms with van der Waals surface area (Å²) >= 11 is 0. The van der Waals surface area contributed by atoms with Crippen LogP contribution < -0.4 is 57.4 Å². The zero-order valence-electron chi connectivity index (χ0n) is 11.7. The molecule has 2 aromatic heterocycles. The van der Waals surface area contributed by atoms with Gasteiger partial charge in [0.15, 0.2) is 5.69 Å². The van der Waals surface area contributed by atoms with Crippen molar-refractivity contribution in [1.82, 2.24) is 29.5 Å². The van der Waals surface area contributed by atoms with Crippen LogP contribution in [0.4, 0.5) is 0 Å². The molecule has 3 N–H and O–H groups in total. The van der Waals surface area contributed by atoms with Gasteiger partial charge < -0.3 is 14.8 Å². The van der Waals surface area contributed by atoms with Crippen LogP contribution in [0.3, 0.4) is 0 Å². The Balaban J connectivity index is 0.00000220. The minimum Gasteiger partial charge on any atom is -0.363 e. The van der Waals surface area contributed by atoms with Gasteiger partial charge in [-0.1, -0.05) is 19.3 Å². The number of hydrogen-bond acceptors (Lipinski definition) is 4. The second kappa shape index (κ2) is 8.05. The molecule has 0 aromatic carbocycles. The fraction of sp³-hybridized carbons (Fsp3) is 0.600. The SMILES string of the molecule is O=c1[n-][nH]c(=O)n1CCCCCCn1c(=O)[nH][nH]c1=O.[Na+]. The van der Waals surface area contributed by atoms with E-state index in [4.69, 9.17) is 0 Å². The average Bonchev–Trinajstić information content (AvgIpc) is 2.90. The number of unbranched alkanes of at least 4 members (excludes halogenated alkanes) is 3. The van der Waals surface area contributed by atoms with E-state index in [2.05, 4.69) is 20.4 Å². The third kappa shape index (κ3) is 4.48. The molecule has 0 radical (unpaired) electrons. The maximum Gasteiger partial charge on any atom is 1.00 e. The minimum absolute atomic E-state index is 0. The topological polar surface area (TPSA) is 140 Å². The van der Waals surface area contributed by atoms with Gasteiger partial charge in [-0.2, -0.15) is 0 Å². The van der Waals surface area contributed by atoms with Crippen molar-refractivity contribution in [2.45, 2.75) is 38.8 Å². The van der Waals surface area contributed by atoms with Gasteiger partial charge in [-0.15, -0.1) is 0 Å². The van der Waals surface area contributed by atoms with E-state index < -0.39 is 22.8 Å². The summed E-state index contributed by atoms with van der Waals surface area (Å²) in [6.07, 6.45) is 2.91. The Hall–Kier alpha value is -1.52. The zero-order valence-corrected chi connectivity index (χ0v) is 13.7. The summed E-state index contributed by atoms with van der Waals surface area (Å²) in [6.45, 7) is 0.662. The normalized spacial score (nSPS) is 10.5. The molecule has 0 aliphatic rings. The smallest absolute Gasteiger partial charge is 0.363 e. The molecule has 11 heteroatoms. The Bertz CT molecular complexity index is 653. The van der Waals surface area contributed by atoms with E-state index in [0.29, 0.717) is 25.9 Å². The Kier molecular flexibility index (Phi) is 6.72. The maximum atomic E-state index is 11.2. The Morgan fingerprint density at radius 1 is 0.762 bits per heavy atom. The molecular formula is C10H15N6NaO4. The number of aromatic nitrogens is 6. The van der Waals surface area contributed by atoms with Gasteiger partial charge in [0.1, 0.15) is 0 Å². The monoisotopic (exact) mass is 306 g/mol. The Morgan fingerprint density at radius 3 is 1.76 bits per heavy atom. The van der Waals surface area contributed by atoms with Crippen LogP contribution in [0, 0.1) is 0 Å². The van der Waals surface area contributed by atoms with E-state index in [1.807, 2.05) is 0 Å². The van der Waals surface area contributed by atoms with E-state index >= 15 is 0 Å². The fourth-order valence-electron chi connectivity index (χ4n) is 1.93. The summed E-state index contributed by atoms with van der Waals surface area (Å²) in [5, 5.41) is 9.77. The number of rotatable bonds is 7.